The van der Waals surface area contributed by atoms with Crippen LogP contribution in [-0.4, -0.2) is 12.0 Å². The van der Waals surface area contributed by atoms with E-state index in [1.54, 1.807) is 6.92 Å². The first-order valence-electron chi connectivity index (χ1n) is 7.08. The fourth-order valence-electron chi connectivity index (χ4n) is 2.03. The van der Waals surface area contributed by atoms with Gasteiger partial charge in [-0.15, -0.1) is 0 Å². The van der Waals surface area contributed by atoms with Crippen molar-refractivity contribution in [3.05, 3.63) is 59.2 Å². The fraction of sp³-hybridized carbons (Fsp3) is 0.278. The van der Waals surface area contributed by atoms with Gasteiger partial charge in [0.25, 0.3) is 5.91 Å². The van der Waals surface area contributed by atoms with Gasteiger partial charge in [-0.05, 0) is 56.5 Å². The van der Waals surface area contributed by atoms with Gasteiger partial charge in [-0.2, -0.15) is 0 Å². The molecule has 1 atom stereocenters. The summed E-state index contributed by atoms with van der Waals surface area (Å²) in [6, 6.07) is 13.7. The molecule has 1 amide bonds. The van der Waals surface area contributed by atoms with Gasteiger partial charge in [0, 0.05) is 5.69 Å². The molecule has 0 radical (unpaired) electrons. The first-order valence-corrected chi connectivity index (χ1v) is 7.08. The normalized spacial score (nSPS) is 11.8. The van der Waals surface area contributed by atoms with Crippen LogP contribution in [0.3, 0.4) is 0 Å². The summed E-state index contributed by atoms with van der Waals surface area (Å²) in [5, 5.41) is 2.90. The van der Waals surface area contributed by atoms with E-state index in [9.17, 15) is 4.79 Å². The van der Waals surface area contributed by atoms with Gasteiger partial charge in [-0.3, -0.25) is 4.79 Å². The summed E-state index contributed by atoms with van der Waals surface area (Å²) in [6.45, 7) is 7.70. The SMILES string of the molecule is Cc1ccc(C)c(O[C@@H](C)C(=O)Nc2ccccc2C)c1. The Labute approximate surface area is 126 Å². The van der Waals surface area contributed by atoms with Gasteiger partial charge in [0.15, 0.2) is 6.10 Å². The number of nitrogens with one attached hydrogen (secondary N) is 1. The van der Waals surface area contributed by atoms with Crippen LogP contribution in [-0.2, 0) is 4.79 Å². The molecule has 0 fully saturated rings. The molecule has 3 nitrogen and oxygen atoms in total. The maximum absolute atomic E-state index is 12.2. The van der Waals surface area contributed by atoms with E-state index in [1.165, 1.54) is 0 Å². The number of benzene rings is 2. The minimum atomic E-state index is -0.551. The molecular weight excluding hydrogens is 262 g/mol. The number of para-hydroxylation sites is 1. The summed E-state index contributed by atoms with van der Waals surface area (Å²) in [7, 11) is 0. The lowest BCUT2D eigenvalue weighted by atomic mass is 10.1. The number of aryl methyl sites for hydroxylation is 3. The third-order valence-electron chi connectivity index (χ3n) is 3.42. The third-order valence-corrected chi connectivity index (χ3v) is 3.42. The Morgan fingerprint density at radius 3 is 2.48 bits per heavy atom. The average molecular weight is 283 g/mol. The molecule has 0 heterocycles. The minimum Gasteiger partial charge on any atom is -0.481 e. The molecule has 0 saturated carbocycles. The molecule has 2 rings (SSSR count). The van der Waals surface area contributed by atoms with Crippen LogP contribution < -0.4 is 10.1 Å². The average Bonchev–Trinajstić information content (AvgIpc) is 2.45. The number of amides is 1. The van der Waals surface area contributed by atoms with Crippen LogP contribution in [0.15, 0.2) is 42.5 Å². The molecule has 0 saturated heterocycles. The quantitative estimate of drug-likeness (QED) is 0.920. The molecule has 0 aliphatic rings. The van der Waals surface area contributed by atoms with Crippen molar-refractivity contribution in [2.75, 3.05) is 5.32 Å². The zero-order chi connectivity index (χ0) is 15.4. The van der Waals surface area contributed by atoms with Gasteiger partial charge in [-0.25, -0.2) is 0 Å². The molecule has 0 aromatic heterocycles. The second-order valence-corrected chi connectivity index (χ2v) is 5.33. The Kier molecular flexibility index (Phi) is 4.63. The van der Waals surface area contributed by atoms with Crippen LogP contribution in [0.5, 0.6) is 5.75 Å². The van der Waals surface area contributed by atoms with E-state index >= 15 is 0 Å². The van der Waals surface area contributed by atoms with Crippen LogP contribution in [0.1, 0.15) is 23.6 Å². The van der Waals surface area contributed by atoms with E-state index < -0.39 is 6.10 Å². The summed E-state index contributed by atoms with van der Waals surface area (Å²) in [5.74, 6) is 0.604. The molecule has 110 valence electrons. The number of hydrogen-bond donors (Lipinski definition) is 1. The largest absolute Gasteiger partial charge is 0.481 e. The molecule has 21 heavy (non-hydrogen) atoms. The second kappa shape index (κ2) is 6.44. The van der Waals surface area contributed by atoms with Crippen LogP contribution in [0.2, 0.25) is 0 Å². The van der Waals surface area contributed by atoms with E-state index in [0.717, 1.165) is 28.1 Å². The van der Waals surface area contributed by atoms with Gasteiger partial charge in [0.1, 0.15) is 5.75 Å². The Bertz CT molecular complexity index is 649. The molecule has 3 heteroatoms. The first kappa shape index (κ1) is 15.1. The Balaban J connectivity index is 2.06. The molecule has 0 unspecified atom stereocenters. The molecule has 2 aromatic rings. The van der Waals surface area contributed by atoms with Gasteiger partial charge < -0.3 is 10.1 Å². The molecular formula is C18H21NO2. The van der Waals surface area contributed by atoms with Gasteiger partial charge in [-0.1, -0.05) is 30.3 Å². The zero-order valence-electron chi connectivity index (χ0n) is 12.9. The number of rotatable bonds is 4. The van der Waals surface area contributed by atoms with E-state index in [-0.39, 0.29) is 5.91 Å². The maximum atomic E-state index is 12.2. The van der Waals surface area contributed by atoms with Crippen molar-refractivity contribution in [2.24, 2.45) is 0 Å². The zero-order valence-corrected chi connectivity index (χ0v) is 12.9. The predicted octanol–water partition coefficient (Wildman–Crippen LogP) is 4.02. The number of hydrogen-bond acceptors (Lipinski definition) is 2. The molecule has 1 N–H and O–H groups in total. The predicted molar refractivity (Wildman–Crippen MR) is 85.8 cm³/mol. The van der Waals surface area contributed by atoms with Crippen molar-refractivity contribution in [1.29, 1.82) is 0 Å². The third kappa shape index (κ3) is 3.85. The Hall–Kier alpha value is -2.29. The van der Waals surface area contributed by atoms with Gasteiger partial charge >= 0.3 is 0 Å². The number of anilines is 1. The van der Waals surface area contributed by atoms with Crippen molar-refractivity contribution in [2.45, 2.75) is 33.8 Å². The topological polar surface area (TPSA) is 38.3 Å². The first-order chi connectivity index (χ1) is 9.97. The minimum absolute atomic E-state index is 0.148. The summed E-state index contributed by atoms with van der Waals surface area (Å²) in [4.78, 5) is 12.2. The summed E-state index contributed by atoms with van der Waals surface area (Å²) >= 11 is 0. The van der Waals surface area contributed by atoms with Crippen molar-refractivity contribution in [1.82, 2.24) is 0 Å². The van der Waals surface area contributed by atoms with E-state index in [1.807, 2.05) is 63.2 Å². The van der Waals surface area contributed by atoms with Crippen LogP contribution in [0.4, 0.5) is 5.69 Å². The highest BCUT2D eigenvalue weighted by molar-refractivity contribution is 5.94. The molecule has 0 bridgehead atoms. The van der Waals surface area contributed by atoms with E-state index in [0.29, 0.717) is 0 Å². The number of carbonyl (C=O) groups is 1. The molecule has 0 spiro atoms. The highest BCUT2D eigenvalue weighted by Crippen LogP contribution is 2.21. The van der Waals surface area contributed by atoms with E-state index in [4.69, 9.17) is 4.74 Å². The Morgan fingerprint density at radius 2 is 1.76 bits per heavy atom. The van der Waals surface area contributed by atoms with Crippen LogP contribution in [0, 0.1) is 20.8 Å². The molecule has 0 aliphatic heterocycles. The fourth-order valence-corrected chi connectivity index (χ4v) is 2.03. The number of ether oxygens (including phenoxy) is 1. The lowest BCUT2D eigenvalue weighted by Gasteiger charge is -2.17. The number of carbonyl (C=O) groups excluding carboxylic acids is 1. The van der Waals surface area contributed by atoms with E-state index in [2.05, 4.69) is 5.32 Å². The summed E-state index contributed by atoms with van der Waals surface area (Å²) in [6.07, 6.45) is -0.551. The standard InChI is InChI=1S/C18H21NO2/c1-12-9-10-14(3)17(11-12)21-15(4)18(20)19-16-8-6-5-7-13(16)2/h5-11,15H,1-4H3,(H,19,20)/t15-/m0/s1. The molecule has 2 aromatic carbocycles. The van der Waals surface area contributed by atoms with Crippen molar-refractivity contribution < 1.29 is 9.53 Å². The second-order valence-electron chi connectivity index (χ2n) is 5.33. The lowest BCUT2D eigenvalue weighted by Crippen LogP contribution is -2.30. The highest BCUT2D eigenvalue weighted by atomic mass is 16.5. The van der Waals surface area contributed by atoms with Crippen LogP contribution >= 0.6 is 0 Å². The summed E-state index contributed by atoms with van der Waals surface area (Å²) < 4.78 is 5.79. The summed E-state index contributed by atoms with van der Waals surface area (Å²) in [5.41, 5.74) is 3.99. The monoisotopic (exact) mass is 283 g/mol. The van der Waals surface area contributed by atoms with Crippen LogP contribution in [0.25, 0.3) is 0 Å². The van der Waals surface area contributed by atoms with Gasteiger partial charge in [0.05, 0.1) is 0 Å². The highest BCUT2D eigenvalue weighted by Gasteiger charge is 2.16. The molecule has 0 aliphatic carbocycles. The van der Waals surface area contributed by atoms with Crippen molar-refractivity contribution >= 4 is 11.6 Å². The van der Waals surface area contributed by atoms with Gasteiger partial charge in [0.2, 0.25) is 0 Å². The Morgan fingerprint density at radius 1 is 1.05 bits per heavy atom. The lowest BCUT2D eigenvalue weighted by molar-refractivity contribution is -0.122. The smallest absolute Gasteiger partial charge is 0.265 e. The van der Waals surface area contributed by atoms with Crippen molar-refractivity contribution in [3.63, 3.8) is 0 Å². The van der Waals surface area contributed by atoms with Crippen molar-refractivity contribution in [3.8, 4) is 5.75 Å². The maximum Gasteiger partial charge on any atom is 0.265 e.